The highest BCUT2D eigenvalue weighted by Crippen LogP contribution is 2.35. The molecule has 1 N–H and O–H groups in total. The number of pyridine rings is 1. The zero-order valence-electron chi connectivity index (χ0n) is 14.9. The Morgan fingerprint density at radius 2 is 2.12 bits per heavy atom. The first-order valence-electron chi connectivity index (χ1n) is 8.42. The molecular formula is C19H22N2O3S. The van der Waals surface area contributed by atoms with Gasteiger partial charge in [0.1, 0.15) is 0 Å². The normalized spacial score (nSPS) is 12.5. The second kappa shape index (κ2) is 7.35. The third-order valence-corrected chi connectivity index (χ3v) is 5.29. The lowest BCUT2D eigenvalue weighted by atomic mass is 10.1. The number of ether oxygens (including phenoxy) is 2. The first kappa shape index (κ1) is 17.6. The third-order valence-electron chi connectivity index (χ3n) is 4.19. The molecule has 0 saturated carbocycles. The predicted octanol–water partition coefficient (Wildman–Crippen LogP) is 5.37. The Morgan fingerprint density at radius 3 is 2.84 bits per heavy atom. The summed E-state index contributed by atoms with van der Waals surface area (Å²) in [7, 11) is 0. The fourth-order valence-electron chi connectivity index (χ4n) is 2.99. The van der Waals surface area contributed by atoms with E-state index < -0.39 is 6.16 Å². The van der Waals surface area contributed by atoms with E-state index in [0.717, 1.165) is 33.1 Å². The Labute approximate surface area is 151 Å². The third kappa shape index (κ3) is 3.44. The Balaban J connectivity index is 2.10. The summed E-state index contributed by atoms with van der Waals surface area (Å²) in [6.45, 7) is 8.30. The first-order chi connectivity index (χ1) is 12.0. The number of benzene rings is 1. The number of thioether (sulfide) groups is 1. The molecule has 1 aromatic carbocycles. The maximum absolute atomic E-state index is 11.6. The van der Waals surface area contributed by atoms with Crippen LogP contribution in [0.2, 0.25) is 0 Å². The molecule has 0 radical (unpaired) electrons. The molecule has 132 valence electrons. The van der Waals surface area contributed by atoms with Gasteiger partial charge in [0.25, 0.3) is 0 Å². The Morgan fingerprint density at radius 1 is 1.32 bits per heavy atom. The number of rotatable bonds is 5. The highest BCUT2D eigenvalue weighted by atomic mass is 32.2. The monoisotopic (exact) mass is 358 g/mol. The summed E-state index contributed by atoms with van der Waals surface area (Å²) in [6, 6.07) is 6.47. The second-order valence-electron chi connectivity index (χ2n) is 5.79. The SMILES string of the molecule is CCOC(=O)Oc1ncc2[nH]c3ccc(C(C)SCC)cc3c2c1C. The highest BCUT2D eigenvalue weighted by molar-refractivity contribution is 7.99. The lowest BCUT2D eigenvalue weighted by Gasteiger charge is -2.10. The number of nitrogens with zero attached hydrogens (tertiary/aromatic N) is 1. The number of aryl methyl sites for hydroxylation is 1. The molecule has 0 aliphatic heterocycles. The van der Waals surface area contributed by atoms with E-state index in [0.29, 0.717) is 5.25 Å². The van der Waals surface area contributed by atoms with Gasteiger partial charge in [-0.3, -0.25) is 0 Å². The number of aromatic nitrogens is 2. The summed E-state index contributed by atoms with van der Waals surface area (Å²) in [4.78, 5) is 19.3. The quantitative estimate of drug-likeness (QED) is 0.621. The first-order valence-corrected chi connectivity index (χ1v) is 9.47. The van der Waals surface area contributed by atoms with Crippen LogP contribution in [0.1, 0.15) is 37.1 Å². The molecule has 25 heavy (non-hydrogen) atoms. The molecular weight excluding hydrogens is 336 g/mol. The van der Waals surface area contributed by atoms with Crippen LogP contribution in [-0.4, -0.2) is 28.5 Å². The average Bonchev–Trinajstić information content (AvgIpc) is 2.96. The van der Waals surface area contributed by atoms with Crippen LogP contribution in [0.4, 0.5) is 4.79 Å². The zero-order valence-corrected chi connectivity index (χ0v) is 15.7. The van der Waals surface area contributed by atoms with E-state index in [-0.39, 0.29) is 12.5 Å². The van der Waals surface area contributed by atoms with Gasteiger partial charge in [0.15, 0.2) is 0 Å². The van der Waals surface area contributed by atoms with Crippen molar-refractivity contribution in [1.29, 1.82) is 0 Å². The van der Waals surface area contributed by atoms with Crippen molar-refractivity contribution in [2.45, 2.75) is 32.9 Å². The second-order valence-corrected chi connectivity index (χ2v) is 7.41. The summed E-state index contributed by atoms with van der Waals surface area (Å²) in [5.74, 6) is 1.36. The summed E-state index contributed by atoms with van der Waals surface area (Å²) in [5.41, 5.74) is 4.08. The molecule has 3 aromatic rings. The summed E-state index contributed by atoms with van der Waals surface area (Å²) in [6.07, 6.45) is 0.965. The fraction of sp³-hybridized carbons (Fsp3) is 0.368. The zero-order chi connectivity index (χ0) is 18.0. The van der Waals surface area contributed by atoms with Gasteiger partial charge < -0.3 is 14.5 Å². The van der Waals surface area contributed by atoms with Gasteiger partial charge in [-0.15, -0.1) is 0 Å². The van der Waals surface area contributed by atoms with Crippen LogP contribution in [0.3, 0.4) is 0 Å². The van der Waals surface area contributed by atoms with E-state index in [9.17, 15) is 4.79 Å². The average molecular weight is 358 g/mol. The minimum atomic E-state index is -0.731. The van der Waals surface area contributed by atoms with Crippen LogP contribution in [0.25, 0.3) is 21.8 Å². The van der Waals surface area contributed by atoms with Gasteiger partial charge in [-0.1, -0.05) is 13.0 Å². The molecule has 0 amide bonds. The Hall–Kier alpha value is -2.21. The molecule has 3 rings (SSSR count). The van der Waals surface area contributed by atoms with Gasteiger partial charge in [-0.05, 0) is 44.2 Å². The number of H-pyrrole nitrogens is 1. The summed E-state index contributed by atoms with van der Waals surface area (Å²) >= 11 is 1.91. The standard InChI is InChI=1S/C19H22N2O3S/c1-5-23-19(22)24-18-11(3)17-14-9-13(12(4)25-6-2)7-8-15(14)21-16(17)10-20-18/h7-10,12,21H,5-6H2,1-4H3. The smallest absolute Gasteiger partial charge is 0.434 e. The van der Waals surface area contributed by atoms with Gasteiger partial charge in [0, 0.05) is 27.1 Å². The number of carbonyl (C=O) groups excluding carboxylic acids is 1. The molecule has 6 heteroatoms. The molecule has 0 spiro atoms. The molecule has 0 aliphatic rings. The predicted molar refractivity (Wildman–Crippen MR) is 103 cm³/mol. The summed E-state index contributed by atoms with van der Waals surface area (Å²) in [5, 5.41) is 2.57. The van der Waals surface area contributed by atoms with Gasteiger partial charge in [0.2, 0.25) is 5.88 Å². The molecule has 0 fully saturated rings. The van der Waals surface area contributed by atoms with Crippen LogP contribution < -0.4 is 4.74 Å². The van der Waals surface area contributed by atoms with Crippen molar-refractivity contribution in [1.82, 2.24) is 9.97 Å². The number of carbonyl (C=O) groups is 1. The molecule has 5 nitrogen and oxygen atoms in total. The Bertz CT molecular complexity index is 920. The van der Waals surface area contributed by atoms with Crippen molar-refractivity contribution in [2.75, 3.05) is 12.4 Å². The highest BCUT2D eigenvalue weighted by Gasteiger charge is 2.16. The van der Waals surface area contributed by atoms with Crippen LogP contribution in [-0.2, 0) is 4.74 Å². The van der Waals surface area contributed by atoms with E-state index >= 15 is 0 Å². The van der Waals surface area contributed by atoms with Crippen molar-refractivity contribution in [3.8, 4) is 5.88 Å². The van der Waals surface area contributed by atoms with Gasteiger partial charge >= 0.3 is 6.16 Å². The number of aromatic amines is 1. The minimum Gasteiger partial charge on any atom is -0.434 e. The van der Waals surface area contributed by atoms with Crippen molar-refractivity contribution in [3.05, 3.63) is 35.5 Å². The van der Waals surface area contributed by atoms with Crippen LogP contribution >= 0.6 is 11.8 Å². The number of hydrogen-bond acceptors (Lipinski definition) is 5. The van der Waals surface area contributed by atoms with Crippen LogP contribution in [0, 0.1) is 6.92 Å². The maximum atomic E-state index is 11.6. The van der Waals surface area contributed by atoms with E-state index in [1.54, 1.807) is 13.1 Å². The van der Waals surface area contributed by atoms with Crippen molar-refractivity contribution in [3.63, 3.8) is 0 Å². The molecule has 1 atom stereocenters. The molecule has 0 aliphatic carbocycles. The van der Waals surface area contributed by atoms with E-state index in [1.165, 1.54) is 5.56 Å². The molecule has 2 heterocycles. The van der Waals surface area contributed by atoms with E-state index in [1.807, 2.05) is 18.7 Å². The molecule has 2 aromatic heterocycles. The molecule has 0 bridgehead atoms. The summed E-state index contributed by atoms with van der Waals surface area (Å²) < 4.78 is 10.1. The maximum Gasteiger partial charge on any atom is 0.515 e. The minimum absolute atomic E-state index is 0.267. The largest absolute Gasteiger partial charge is 0.515 e. The number of hydrogen-bond donors (Lipinski definition) is 1. The fourth-order valence-corrected chi connectivity index (χ4v) is 3.83. The number of fused-ring (bicyclic) bond motifs is 3. The van der Waals surface area contributed by atoms with Gasteiger partial charge in [-0.25, -0.2) is 9.78 Å². The van der Waals surface area contributed by atoms with Crippen molar-refractivity contribution < 1.29 is 14.3 Å². The van der Waals surface area contributed by atoms with E-state index in [4.69, 9.17) is 9.47 Å². The van der Waals surface area contributed by atoms with Crippen LogP contribution in [0.5, 0.6) is 5.88 Å². The lowest BCUT2D eigenvalue weighted by Crippen LogP contribution is -2.11. The van der Waals surface area contributed by atoms with Crippen LogP contribution in [0.15, 0.2) is 24.4 Å². The van der Waals surface area contributed by atoms with Gasteiger partial charge in [-0.2, -0.15) is 11.8 Å². The molecule has 0 saturated heterocycles. The Kier molecular flexibility index (Phi) is 5.18. The van der Waals surface area contributed by atoms with Crippen molar-refractivity contribution in [2.24, 2.45) is 0 Å². The van der Waals surface area contributed by atoms with Crippen molar-refractivity contribution >= 4 is 39.7 Å². The van der Waals surface area contributed by atoms with Gasteiger partial charge in [0.05, 0.1) is 18.3 Å². The lowest BCUT2D eigenvalue weighted by molar-refractivity contribution is 0.102. The number of nitrogens with one attached hydrogen (secondary N) is 1. The topological polar surface area (TPSA) is 64.2 Å². The molecule has 1 unspecified atom stereocenters. The van der Waals surface area contributed by atoms with E-state index in [2.05, 4.69) is 42.0 Å².